The third kappa shape index (κ3) is 7.96. The van der Waals surface area contributed by atoms with Crippen LogP contribution in [0.5, 0.6) is 5.75 Å². The van der Waals surface area contributed by atoms with Crippen LogP contribution in [0.25, 0.3) is 0 Å². The Kier molecular flexibility index (Phi) is 10.8. The Bertz CT molecular complexity index is 1490. The van der Waals surface area contributed by atoms with E-state index in [1.165, 1.54) is 42.3 Å². The number of carbonyl (C=O) groups excluding carboxylic acids is 2. The quantitative estimate of drug-likeness (QED) is 0.277. The smallest absolute Gasteiger partial charge is 0.264 e. The molecule has 3 aromatic rings. The van der Waals surface area contributed by atoms with Crippen LogP contribution in [-0.2, 0) is 26.2 Å². The second-order valence-corrected chi connectivity index (χ2v) is 13.1. The SMILES string of the molecule is COc1ccc(S(=O)(=O)N(CC(=O)N(Cc2cccc(Cl)c2)[C@H](C)C(=O)NC2CCCCC2)c2cccc(Cl)c2)cc1. The van der Waals surface area contributed by atoms with Gasteiger partial charge in [0, 0.05) is 22.6 Å². The molecule has 3 aromatic carbocycles. The lowest BCUT2D eigenvalue weighted by atomic mass is 9.95. The van der Waals surface area contributed by atoms with Gasteiger partial charge in [-0.25, -0.2) is 8.42 Å². The number of carbonyl (C=O) groups is 2. The highest BCUT2D eigenvalue weighted by molar-refractivity contribution is 7.92. The van der Waals surface area contributed by atoms with Crippen molar-refractivity contribution in [2.45, 2.75) is 62.6 Å². The lowest BCUT2D eigenvalue weighted by molar-refractivity contribution is -0.139. The maximum Gasteiger partial charge on any atom is 0.264 e. The molecule has 0 heterocycles. The molecule has 0 unspecified atom stereocenters. The van der Waals surface area contributed by atoms with Crippen LogP contribution in [0.3, 0.4) is 0 Å². The molecule has 1 N–H and O–H groups in total. The van der Waals surface area contributed by atoms with Gasteiger partial charge in [0.2, 0.25) is 11.8 Å². The molecule has 1 saturated carbocycles. The van der Waals surface area contributed by atoms with Crippen LogP contribution >= 0.6 is 23.2 Å². The maximum absolute atomic E-state index is 14.1. The first-order valence-electron chi connectivity index (χ1n) is 13.8. The highest BCUT2D eigenvalue weighted by atomic mass is 35.5. The number of benzene rings is 3. The second-order valence-electron chi connectivity index (χ2n) is 10.3. The molecule has 0 spiro atoms. The maximum atomic E-state index is 14.1. The van der Waals surface area contributed by atoms with Gasteiger partial charge in [0.15, 0.2) is 0 Å². The minimum Gasteiger partial charge on any atom is -0.497 e. The fourth-order valence-electron chi connectivity index (χ4n) is 5.02. The molecular weight excluding hydrogens is 597 g/mol. The number of rotatable bonds is 11. The molecule has 11 heteroatoms. The van der Waals surface area contributed by atoms with Gasteiger partial charge >= 0.3 is 0 Å². The Morgan fingerprint density at radius 2 is 1.60 bits per heavy atom. The number of hydrogen-bond donors (Lipinski definition) is 1. The van der Waals surface area contributed by atoms with Crippen molar-refractivity contribution in [1.82, 2.24) is 10.2 Å². The number of anilines is 1. The molecule has 0 radical (unpaired) electrons. The topological polar surface area (TPSA) is 96.0 Å². The summed E-state index contributed by atoms with van der Waals surface area (Å²) >= 11 is 12.4. The highest BCUT2D eigenvalue weighted by Gasteiger charge is 2.33. The van der Waals surface area contributed by atoms with E-state index in [-0.39, 0.29) is 29.1 Å². The van der Waals surface area contributed by atoms with E-state index in [0.717, 1.165) is 36.4 Å². The van der Waals surface area contributed by atoms with E-state index in [4.69, 9.17) is 27.9 Å². The van der Waals surface area contributed by atoms with Crippen LogP contribution in [0, 0.1) is 0 Å². The van der Waals surface area contributed by atoms with Gasteiger partial charge in [-0.3, -0.25) is 13.9 Å². The minimum absolute atomic E-state index is 0.0273. The molecular formula is C31H35Cl2N3O5S. The van der Waals surface area contributed by atoms with E-state index >= 15 is 0 Å². The van der Waals surface area contributed by atoms with Crippen molar-refractivity contribution in [3.8, 4) is 5.75 Å². The van der Waals surface area contributed by atoms with E-state index in [1.54, 1.807) is 49.4 Å². The first kappa shape index (κ1) is 31.7. The van der Waals surface area contributed by atoms with Crippen LogP contribution in [-0.4, -0.2) is 50.9 Å². The van der Waals surface area contributed by atoms with E-state index in [1.807, 2.05) is 0 Å². The van der Waals surface area contributed by atoms with Crippen molar-refractivity contribution < 1.29 is 22.7 Å². The number of halogens is 2. The number of amides is 2. The van der Waals surface area contributed by atoms with Gasteiger partial charge in [-0.2, -0.15) is 0 Å². The van der Waals surface area contributed by atoms with Gasteiger partial charge in [-0.1, -0.05) is 60.7 Å². The Morgan fingerprint density at radius 3 is 2.21 bits per heavy atom. The third-order valence-electron chi connectivity index (χ3n) is 7.38. The third-order valence-corrected chi connectivity index (χ3v) is 9.64. The van der Waals surface area contributed by atoms with Gasteiger partial charge in [0.05, 0.1) is 17.7 Å². The number of nitrogens with one attached hydrogen (secondary N) is 1. The van der Waals surface area contributed by atoms with Crippen LogP contribution in [0.2, 0.25) is 10.0 Å². The summed E-state index contributed by atoms with van der Waals surface area (Å²) in [5.41, 5.74) is 0.925. The standard InChI is InChI=1S/C31H35Cl2N3O5S/c1-22(31(38)34-26-11-4-3-5-12-26)35(20-23-8-6-9-24(32)18-23)30(37)21-36(27-13-7-10-25(33)19-27)42(39,40)29-16-14-28(41-2)15-17-29/h6-10,13-19,22,26H,3-5,11-12,20-21H2,1-2H3,(H,34,38)/t22-/m1/s1. The summed E-state index contributed by atoms with van der Waals surface area (Å²) in [5.74, 6) is -0.354. The highest BCUT2D eigenvalue weighted by Crippen LogP contribution is 2.28. The van der Waals surface area contributed by atoms with Crippen molar-refractivity contribution in [1.29, 1.82) is 0 Å². The Labute approximate surface area is 257 Å². The molecule has 0 aromatic heterocycles. The fraction of sp³-hybridized carbons (Fsp3) is 0.355. The Morgan fingerprint density at radius 1 is 0.952 bits per heavy atom. The van der Waals surface area contributed by atoms with E-state index < -0.39 is 28.5 Å². The van der Waals surface area contributed by atoms with E-state index in [9.17, 15) is 18.0 Å². The molecule has 0 bridgehead atoms. The largest absolute Gasteiger partial charge is 0.497 e. The summed E-state index contributed by atoms with van der Waals surface area (Å²) in [7, 11) is -2.74. The van der Waals surface area contributed by atoms with E-state index in [2.05, 4.69) is 5.32 Å². The first-order chi connectivity index (χ1) is 20.1. The zero-order chi connectivity index (χ0) is 30.3. The summed E-state index contributed by atoms with van der Waals surface area (Å²) in [6.45, 7) is 1.16. The van der Waals surface area contributed by atoms with Crippen molar-refractivity contribution in [3.05, 3.63) is 88.4 Å². The molecule has 0 aliphatic heterocycles. The zero-order valence-electron chi connectivity index (χ0n) is 23.6. The monoisotopic (exact) mass is 631 g/mol. The van der Waals surface area contributed by atoms with Gasteiger partial charge in [0.1, 0.15) is 18.3 Å². The molecule has 224 valence electrons. The van der Waals surface area contributed by atoms with Crippen molar-refractivity contribution in [2.24, 2.45) is 0 Å². The van der Waals surface area contributed by atoms with Crippen molar-refractivity contribution in [3.63, 3.8) is 0 Å². The van der Waals surface area contributed by atoms with Gasteiger partial charge in [0.25, 0.3) is 10.0 Å². The van der Waals surface area contributed by atoms with Gasteiger partial charge in [-0.05, 0) is 79.9 Å². The number of ether oxygens (including phenoxy) is 1. The molecule has 1 aliphatic carbocycles. The summed E-state index contributed by atoms with van der Waals surface area (Å²) in [5, 5.41) is 3.89. The van der Waals surface area contributed by atoms with Crippen LogP contribution in [0.1, 0.15) is 44.6 Å². The summed E-state index contributed by atoms with van der Waals surface area (Å²) in [6, 6.07) is 18.4. The fourth-order valence-corrected chi connectivity index (χ4v) is 6.82. The Balaban J connectivity index is 1.68. The molecule has 1 atom stereocenters. The molecule has 0 saturated heterocycles. The average molecular weight is 633 g/mol. The lowest BCUT2D eigenvalue weighted by Crippen LogP contribution is -2.53. The molecule has 42 heavy (non-hydrogen) atoms. The number of sulfonamides is 1. The molecule has 1 aliphatic rings. The average Bonchev–Trinajstić information content (AvgIpc) is 2.98. The normalized spacial score (nSPS) is 14.6. The molecule has 4 rings (SSSR count). The molecule has 8 nitrogen and oxygen atoms in total. The van der Waals surface area contributed by atoms with Crippen molar-refractivity contribution in [2.75, 3.05) is 18.0 Å². The Hall–Kier alpha value is -3.27. The first-order valence-corrected chi connectivity index (χ1v) is 16.0. The predicted octanol–water partition coefficient (Wildman–Crippen LogP) is 6.06. The number of nitrogens with zero attached hydrogens (tertiary/aromatic N) is 2. The van der Waals surface area contributed by atoms with Crippen LogP contribution in [0.4, 0.5) is 5.69 Å². The summed E-state index contributed by atoms with van der Waals surface area (Å²) in [4.78, 5) is 28.8. The van der Waals surface area contributed by atoms with Gasteiger partial charge < -0.3 is 15.0 Å². The summed E-state index contributed by atoms with van der Waals surface area (Å²) < 4.78 is 34.1. The molecule has 1 fully saturated rings. The number of methoxy groups -OCH3 is 1. The van der Waals surface area contributed by atoms with E-state index in [0.29, 0.717) is 21.4 Å². The van der Waals surface area contributed by atoms with Crippen LogP contribution in [0.15, 0.2) is 77.7 Å². The number of hydrogen-bond acceptors (Lipinski definition) is 5. The lowest BCUT2D eigenvalue weighted by Gasteiger charge is -2.33. The predicted molar refractivity (Wildman–Crippen MR) is 165 cm³/mol. The molecule has 2 amide bonds. The summed E-state index contributed by atoms with van der Waals surface area (Å²) in [6.07, 6.45) is 5.01. The second kappa shape index (κ2) is 14.3. The minimum atomic E-state index is -4.22. The van der Waals surface area contributed by atoms with Gasteiger partial charge in [-0.15, -0.1) is 0 Å². The van der Waals surface area contributed by atoms with Crippen LogP contribution < -0.4 is 14.4 Å². The zero-order valence-corrected chi connectivity index (χ0v) is 26.0. The van der Waals surface area contributed by atoms with Crippen molar-refractivity contribution >= 4 is 50.7 Å².